The first-order valence-corrected chi connectivity index (χ1v) is 6.96. The zero-order chi connectivity index (χ0) is 14.6. The van der Waals surface area contributed by atoms with Gasteiger partial charge in [0.15, 0.2) is 0 Å². The number of nitrogens with zero attached hydrogens (tertiary/aromatic N) is 3. The fraction of sp³-hybridized carbons (Fsp3) is 0.857. The van der Waals surface area contributed by atoms with Crippen molar-refractivity contribution in [3.63, 3.8) is 0 Å². The lowest BCUT2D eigenvalue weighted by molar-refractivity contribution is -0.136. The molecule has 0 aromatic heterocycles. The third-order valence-electron chi connectivity index (χ3n) is 3.53. The fourth-order valence-electron chi connectivity index (χ4n) is 2.63. The molecule has 0 aromatic carbocycles. The van der Waals surface area contributed by atoms with Gasteiger partial charge in [-0.3, -0.25) is 14.5 Å². The highest BCUT2D eigenvalue weighted by molar-refractivity contribution is 5.81. The number of hydrogen-bond acceptors (Lipinski definition) is 3. The molecule has 0 bridgehead atoms. The van der Waals surface area contributed by atoms with E-state index in [2.05, 4.69) is 13.8 Å². The molecule has 0 spiro atoms. The molecule has 2 unspecified atom stereocenters. The first kappa shape index (κ1) is 16.0. The Morgan fingerprint density at radius 1 is 1.05 bits per heavy atom. The Bertz CT molecular complexity index is 321. The quantitative estimate of drug-likeness (QED) is 0.747. The van der Waals surface area contributed by atoms with Gasteiger partial charge in [0.05, 0.1) is 13.1 Å². The summed E-state index contributed by atoms with van der Waals surface area (Å²) in [7, 11) is 5.27. The topological polar surface area (TPSA) is 43.9 Å². The van der Waals surface area contributed by atoms with E-state index in [0.29, 0.717) is 18.4 Å². The van der Waals surface area contributed by atoms with Gasteiger partial charge in [0.2, 0.25) is 11.8 Å². The Kier molecular flexibility index (Phi) is 5.79. The summed E-state index contributed by atoms with van der Waals surface area (Å²) >= 11 is 0. The normalized spacial score (nSPS) is 23.6. The molecule has 2 amide bonds. The second-order valence-corrected chi connectivity index (χ2v) is 6.21. The summed E-state index contributed by atoms with van der Waals surface area (Å²) in [5.74, 6) is 1.30. The van der Waals surface area contributed by atoms with Crippen molar-refractivity contribution in [1.29, 1.82) is 0 Å². The molecule has 1 heterocycles. The summed E-state index contributed by atoms with van der Waals surface area (Å²) in [5, 5.41) is 0. The van der Waals surface area contributed by atoms with E-state index in [0.717, 1.165) is 13.1 Å². The molecule has 2 atom stereocenters. The van der Waals surface area contributed by atoms with Crippen molar-refractivity contribution in [3.05, 3.63) is 0 Å². The van der Waals surface area contributed by atoms with Crippen LogP contribution in [0.25, 0.3) is 0 Å². The van der Waals surface area contributed by atoms with Crippen molar-refractivity contribution in [2.45, 2.75) is 20.3 Å². The van der Waals surface area contributed by atoms with Gasteiger partial charge in [0, 0.05) is 27.2 Å². The molecule has 5 heteroatoms. The van der Waals surface area contributed by atoms with Crippen LogP contribution in [0, 0.1) is 11.8 Å². The van der Waals surface area contributed by atoms with Gasteiger partial charge in [-0.2, -0.15) is 0 Å². The molecule has 1 aliphatic heterocycles. The molecule has 1 saturated heterocycles. The number of piperidine rings is 1. The Morgan fingerprint density at radius 3 is 2.05 bits per heavy atom. The van der Waals surface area contributed by atoms with Gasteiger partial charge < -0.3 is 9.80 Å². The highest BCUT2D eigenvalue weighted by atomic mass is 16.2. The van der Waals surface area contributed by atoms with Crippen molar-refractivity contribution in [2.75, 3.05) is 47.3 Å². The van der Waals surface area contributed by atoms with Crippen molar-refractivity contribution < 1.29 is 9.59 Å². The summed E-state index contributed by atoms with van der Waals surface area (Å²) in [4.78, 5) is 29.1. The van der Waals surface area contributed by atoms with E-state index in [1.54, 1.807) is 23.9 Å². The van der Waals surface area contributed by atoms with Gasteiger partial charge in [-0.1, -0.05) is 13.8 Å². The Balaban J connectivity index is 2.43. The van der Waals surface area contributed by atoms with Crippen molar-refractivity contribution >= 4 is 11.8 Å². The molecule has 1 aliphatic rings. The van der Waals surface area contributed by atoms with Crippen LogP contribution in [-0.4, -0.2) is 73.8 Å². The maximum Gasteiger partial charge on any atom is 0.236 e. The van der Waals surface area contributed by atoms with Crippen LogP contribution in [0.2, 0.25) is 0 Å². The predicted molar refractivity (Wildman–Crippen MR) is 75.7 cm³/mol. The van der Waals surface area contributed by atoms with Gasteiger partial charge >= 0.3 is 0 Å². The van der Waals surface area contributed by atoms with Gasteiger partial charge in [-0.15, -0.1) is 0 Å². The smallest absolute Gasteiger partial charge is 0.236 e. The maximum atomic E-state index is 12.2. The second-order valence-electron chi connectivity index (χ2n) is 6.21. The lowest BCUT2D eigenvalue weighted by Crippen LogP contribution is -2.47. The minimum Gasteiger partial charge on any atom is -0.348 e. The monoisotopic (exact) mass is 269 g/mol. The Morgan fingerprint density at radius 2 is 1.58 bits per heavy atom. The first-order valence-electron chi connectivity index (χ1n) is 6.96. The third-order valence-corrected chi connectivity index (χ3v) is 3.53. The molecule has 0 aliphatic carbocycles. The van der Waals surface area contributed by atoms with E-state index in [4.69, 9.17) is 0 Å². The van der Waals surface area contributed by atoms with Gasteiger partial charge in [0.25, 0.3) is 0 Å². The number of amides is 2. The molecule has 0 radical (unpaired) electrons. The summed E-state index contributed by atoms with van der Waals surface area (Å²) in [6.45, 7) is 6.68. The number of carbonyl (C=O) groups excluding carboxylic acids is 2. The number of rotatable bonds is 4. The van der Waals surface area contributed by atoms with Crippen LogP contribution in [0.15, 0.2) is 0 Å². The molecule has 0 N–H and O–H groups in total. The van der Waals surface area contributed by atoms with Crippen molar-refractivity contribution in [2.24, 2.45) is 11.8 Å². The lowest BCUT2D eigenvalue weighted by atomic mass is 9.92. The average molecular weight is 269 g/mol. The van der Waals surface area contributed by atoms with Crippen LogP contribution >= 0.6 is 0 Å². The highest BCUT2D eigenvalue weighted by Gasteiger charge is 2.26. The standard InChI is InChI=1S/C14H27N3O2/c1-11-6-12(2)8-17(7-11)14(19)10-16(5)9-13(18)15(3)4/h11-12H,6-10H2,1-5H3. The average Bonchev–Trinajstić information content (AvgIpc) is 2.26. The minimum atomic E-state index is 0.0238. The van der Waals surface area contributed by atoms with E-state index in [9.17, 15) is 9.59 Å². The summed E-state index contributed by atoms with van der Waals surface area (Å²) in [6, 6.07) is 0. The minimum absolute atomic E-state index is 0.0238. The van der Waals surface area contributed by atoms with E-state index < -0.39 is 0 Å². The van der Waals surface area contributed by atoms with Crippen LogP contribution < -0.4 is 0 Å². The largest absolute Gasteiger partial charge is 0.348 e. The van der Waals surface area contributed by atoms with Crippen LogP contribution in [0.1, 0.15) is 20.3 Å². The lowest BCUT2D eigenvalue weighted by Gasteiger charge is -2.35. The fourth-order valence-corrected chi connectivity index (χ4v) is 2.63. The maximum absolute atomic E-state index is 12.2. The summed E-state index contributed by atoms with van der Waals surface area (Å²) in [6.07, 6.45) is 1.19. The van der Waals surface area contributed by atoms with E-state index in [1.807, 2.05) is 11.9 Å². The molecule has 1 fully saturated rings. The molecule has 5 nitrogen and oxygen atoms in total. The Labute approximate surface area is 116 Å². The van der Waals surface area contributed by atoms with Crippen LogP contribution in [0.4, 0.5) is 0 Å². The van der Waals surface area contributed by atoms with Gasteiger partial charge in [0.1, 0.15) is 0 Å². The van der Waals surface area contributed by atoms with E-state index >= 15 is 0 Å². The third kappa shape index (κ3) is 5.19. The zero-order valence-electron chi connectivity index (χ0n) is 12.8. The predicted octanol–water partition coefficient (Wildman–Crippen LogP) is 0.511. The highest BCUT2D eigenvalue weighted by Crippen LogP contribution is 2.20. The zero-order valence-corrected chi connectivity index (χ0v) is 12.8. The first-order chi connectivity index (χ1) is 8.79. The number of hydrogen-bond donors (Lipinski definition) is 0. The molecule has 1 rings (SSSR count). The molecule has 110 valence electrons. The van der Waals surface area contributed by atoms with Crippen molar-refractivity contribution in [1.82, 2.24) is 14.7 Å². The Hall–Kier alpha value is -1.10. The summed E-state index contributed by atoms with van der Waals surface area (Å²) < 4.78 is 0. The van der Waals surface area contributed by atoms with Crippen molar-refractivity contribution in [3.8, 4) is 0 Å². The molecular weight excluding hydrogens is 242 g/mol. The van der Waals surface area contributed by atoms with E-state index in [1.165, 1.54) is 6.42 Å². The molecule has 0 aromatic rings. The molecule has 0 saturated carbocycles. The number of likely N-dealkylation sites (tertiary alicyclic amines) is 1. The van der Waals surface area contributed by atoms with E-state index in [-0.39, 0.29) is 18.4 Å². The SMILES string of the molecule is CC1CC(C)CN(C(=O)CN(C)CC(=O)N(C)C)C1. The van der Waals surface area contributed by atoms with Gasteiger partial charge in [-0.25, -0.2) is 0 Å². The van der Waals surface area contributed by atoms with Gasteiger partial charge in [-0.05, 0) is 25.3 Å². The molecular formula is C14H27N3O2. The number of carbonyl (C=O) groups is 2. The van der Waals surface area contributed by atoms with Crippen LogP contribution in [0.5, 0.6) is 0 Å². The second kappa shape index (κ2) is 6.89. The van der Waals surface area contributed by atoms with Crippen LogP contribution in [0.3, 0.4) is 0 Å². The number of likely N-dealkylation sites (N-methyl/N-ethyl adjacent to an activating group) is 2. The summed E-state index contributed by atoms with van der Waals surface area (Å²) in [5.41, 5.74) is 0. The van der Waals surface area contributed by atoms with Crippen LogP contribution in [-0.2, 0) is 9.59 Å². The molecule has 19 heavy (non-hydrogen) atoms.